The maximum absolute atomic E-state index is 13.7. The number of amides is 1. The number of carbonyl (C=O) groups excluding carboxylic acids is 2. The molecule has 2 bridgehead atoms. The van der Waals surface area contributed by atoms with Gasteiger partial charge in [0.05, 0.1) is 20.8 Å². The lowest BCUT2D eigenvalue weighted by Crippen LogP contribution is -2.48. The lowest BCUT2D eigenvalue weighted by Gasteiger charge is -2.40. The summed E-state index contributed by atoms with van der Waals surface area (Å²) in [6, 6.07) is 4.76. The highest BCUT2D eigenvalue weighted by atomic mass is 35.5. The Balaban J connectivity index is 1.59. The van der Waals surface area contributed by atoms with Gasteiger partial charge in [0.1, 0.15) is 6.61 Å². The first-order valence-electron chi connectivity index (χ1n) is 11.2. The molecule has 2 aliphatic rings. The van der Waals surface area contributed by atoms with E-state index in [0.29, 0.717) is 25.0 Å². The molecule has 2 aromatic rings. The molecule has 0 aromatic heterocycles. The molecule has 7 nitrogen and oxygen atoms in total. The minimum atomic E-state index is -4.06. The van der Waals surface area contributed by atoms with Crippen LogP contribution in [0.2, 0.25) is 5.02 Å². The Bertz CT molecular complexity index is 1300. The predicted octanol–water partition coefficient (Wildman–Crippen LogP) is 4.27. The second-order valence-electron chi connectivity index (χ2n) is 9.37. The van der Waals surface area contributed by atoms with Crippen LogP contribution < -0.4 is 5.32 Å². The molecule has 12 heteroatoms. The van der Waals surface area contributed by atoms with Crippen molar-refractivity contribution in [3.05, 3.63) is 58.4 Å². The molecule has 0 heterocycles. The Labute approximate surface area is 210 Å². The molecule has 0 saturated heterocycles. The Kier molecular flexibility index (Phi) is 7.11. The van der Waals surface area contributed by atoms with Crippen LogP contribution in [0.3, 0.4) is 0 Å². The number of rotatable bonds is 6. The molecule has 2 aliphatic carbocycles. The molecule has 2 N–H and O–H groups in total. The highest BCUT2D eigenvalue weighted by Gasteiger charge is 2.54. The monoisotopic (exact) mass is 545 g/mol. The third kappa shape index (κ3) is 5.09. The summed E-state index contributed by atoms with van der Waals surface area (Å²) in [6.07, 6.45) is 1.35. The highest BCUT2D eigenvalue weighted by Crippen LogP contribution is 2.51. The number of halogens is 4. The van der Waals surface area contributed by atoms with Crippen molar-refractivity contribution >= 4 is 39.0 Å². The number of nitrogens with one attached hydrogen (secondary N) is 1. The van der Waals surface area contributed by atoms with Gasteiger partial charge in [0.25, 0.3) is 5.91 Å². The van der Waals surface area contributed by atoms with Crippen molar-refractivity contribution in [3.8, 4) is 0 Å². The number of benzene rings is 2. The fourth-order valence-electron chi connectivity index (χ4n) is 5.34. The second kappa shape index (κ2) is 9.68. The van der Waals surface area contributed by atoms with Crippen molar-refractivity contribution in [3.63, 3.8) is 0 Å². The molecule has 2 aromatic carbocycles. The zero-order valence-electron chi connectivity index (χ0n) is 19.1. The van der Waals surface area contributed by atoms with E-state index in [-0.39, 0.29) is 40.6 Å². The van der Waals surface area contributed by atoms with Crippen molar-refractivity contribution in [2.75, 3.05) is 11.9 Å². The van der Waals surface area contributed by atoms with Crippen molar-refractivity contribution in [1.29, 1.82) is 0 Å². The minimum absolute atomic E-state index is 0.106. The molecule has 0 spiro atoms. The number of anilines is 1. The van der Waals surface area contributed by atoms with Gasteiger partial charge in [0.15, 0.2) is 27.3 Å². The van der Waals surface area contributed by atoms with Crippen LogP contribution >= 0.6 is 11.6 Å². The van der Waals surface area contributed by atoms with Gasteiger partial charge in [-0.05, 0) is 55.7 Å². The summed E-state index contributed by atoms with van der Waals surface area (Å²) in [4.78, 5) is 23.6. The number of carbonyl (C=O) groups is 2. The SMILES string of the molecule is CC(=O)OC[C@]1(O)CC2CCC(C1)[C@H]2S(=O)(=O)c1cc(C(=O)Nc2cc(F)c(F)c(F)c2)ccc1Cl. The van der Waals surface area contributed by atoms with Crippen molar-refractivity contribution < 1.29 is 41.0 Å². The van der Waals surface area contributed by atoms with Crippen LogP contribution in [0.25, 0.3) is 0 Å². The molecule has 36 heavy (non-hydrogen) atoms. The molecule has 194 valence electrons. The predicted molar refractivity (Wildman–Crippen MR) is 124 cm³/mol. The van der Waals surface area contributed by atoms with Gasteiger partial charge in [0.2, 0.25) is 0 Å². The third-order valence-electron chi connectivity index (χ3n) is 6.77. The Morgan fingerprint density at radius 2 is 1.69 bits per heavy atom. The number of hydrogen-bond acceptors (Lipinski definition) is 6. The summed E-state index contributed by atoms with van der Waals surface area (Å²) in [5, 5.41) is 12.1. The highest BCUT2D eigenvalue weighted by molar-refractivity contribution is 7.92. The van der Waals surface area contributed by atoms with Gasteiger partial charge < -0.3 is 15.2 Å². The molecular weight excluding hydrogens is 523 g/mol. The van der Waals surface area contributed by atoms with Gasteiger partial charge >= 0.3 is 5.97 Å². The molecule has 1 amide bonds. The fourth-order valence-corrected chi connectivity index (χ4v) is 8.18. The number of fused-ring (bicyclic) bond motifs is 2. The van der Waals surface area contributed by atoms with Gasteiger partial charge in [-0.25, -0.2) is 21.6 Å². The van der Waals surface area contributed by atoms with E-state index >= 15 is 0 Å². The first kappa shape index (κ1) is 26.4. The van der Waals surface area contributed by atoms with E-state index in [1.54, 1.807) is 0 Å². The number of hydrogen-bond donors (Lipinski definition) is 2. The van der Waals surface area contributed by atoms with Gasteiger partial charge in [-0.1, -0.05) is 11.6 Å². The lowest BCUT2D eigenvalue weighted by molar-refractivity contribution is -0.152. The van der Waals surface area contributed by atoms with Crippen molar-refractivity contribution in [2.45, 2.75) is 48.4 Å². The van der Waals surface area contributed by atoms with Gasteiger partial charge in [-0.2, -0.15) is 0 Å². The average molecular weight is 546 g/mol. The zero-order chi connectivity index (χ0) is 26.4. The number of sulfone groups is 1. The molecular formula is C24H23ClF3NO6S. The summed E-state index contributed by atoms with van der Waals surface area (Å²) in [5.74, 6) is -6.91. The van der Waals surface area contributed by atoms with Gasteiger partial charge in [-0.3, -0.25) is 9.59 Å². The second-order valence-corrected chi connectivity index (χ2v) is 11.9. The smallest absolute Gasteiger partial charge is 0.302 e. The van der Waals surface area contributed by atoms with Crippen LogP contribution in [0.4, 0.5) is 18.9 Å². The van der Waals surface area contributed by atoms with Crippen LogP contribution in [-0.4, -0.2) is 42.9 Å². The standard InChI is InChI=1S/C24H23ClF3NO6S/c1-12(30)35-11-24(32)9-14-2-3-15(10-24)22(14)36(33,34)20-6-13(4-5-17(20)25)23(31)29-16-7-18(26)21(28)19(27)8-16/h4-8,14-15,22,32H,2-3,9-11H2,1H3,(H,29,31)/t14?,15?,22-,24-. The normalized spacial score (nSPS) is 25.4. The van der Waals surface area contributed by atoms with E-state index in [2.05, 4.69) is 5.32 Å². The van der Waals surface area contributed by atoms with E-state index in [1.165, 1.54) is 19.1 Å². The summed E-state index contributed by atoms with van der Waals surface area (Å²) in [5.41, 5.74) is -1.82. The van der Waals surface area contributed by atoms with Crippen molar-refractivity contribution in [1.82, 2.24) is 0 Å². The van der Waals surface area contributed by atoms with E-state index in [9.17, 15) is 36.3 Å². The molecule has 0 aliphatic heterocycles. The third-order valence-corrected chi connectivity index (χ3v) is 9.64. The Morgan fingerprint density at radius 3 is 2.25 bits per heavy atom. The van der Waals surface area contributed by atoms with E-state index in [1.807, 2.05) is 0 Å². The quantitative estimate of drug-likeness (QED) is 0.414. The maximum Gasteiger partial charge on any atom is 0.302 e. The first-order valence-corrected chi connectivity index (χ1v) is 13.1. The first-order chi connectivity index (χ1) is 16.8. The van der Waals surface area contributed by atoms with Crippen LogP contribution in [-0.2, 0) is 19.4 Å². The van der Waals surface area contributed by atoms with Crippen LogP contribution in [0, 0.1) is 29.3 Å². The fraction of sp³-hybridized carbons (Fsp3) is 0.417. The molecule has 2 saturated carbocycles. The molecule has 4 rings (SSSR count). The van der Waals surface area contributed by atoms with E-state index in [4.69, 9.17) is 16.3 Å². The number of ether oxygens (including phenoxy) is 1. The maximum atomic E-state index is 13.7. The number of aliphatic hydroxyl groups is 1. The largest absolute Gasteiger partial charge is 0.463 e. The van der Waals surface area contributed by atoms with Crippen LogP contribution in [0.1, 0.15) is 43.0 Å². The molecule has 2 unspecified atom stereocenters. The van der Waals surface area contributed by atoms with E-state index < -0.39 is 61.9 Å². The summed E-state index contributed by atoms with van der Waals surface area (Å²) < 4.78 is 72.5. The Hall–Kier alpha value is -2.63. The molecule has 2 atom stereocenters. The lowest BCUT2D eigenvalue weighted by atomic mass is 9.77. The van der Waals surface area contributed by atoms with Crippen LogP contribution in [0.15, 0.2) is 35.2 Å². The summed E-state index contributed by atoms with van der Waals surface area (Å²) >= 11 is 6.22. The van der Waals surface area contributed by atoms with Gasteiger partial charge in [0, 0.05) is 30.3 Å². The minimum Gasteiger partial charge on any atom is -0.463 e. The molecule has 2 fully saturated rings. The summed E-state index contributed by atoms with van der Waals surface area (Å²) in [7, 11) is -4.06. The summed E-state index contributed by atoms with van der Waals surface area (Å²) in [6.45, 7) is 1.01. The average Bonchev–Trinajstić information content (AvgIpc) is 3.09. The Morgan fingerprint density at radius 1 is 1.11 bits per heavy atom. The zero-order valence-corrected chi connectivity index (χ0v) is 20.6. The molecule has 0 radical (unpaired) electrons. The van der Waals surface area contributed by atoms with Gasteiger partial charge in [-0.15, -0.1) is 0 Å². The van der Waals surface area contributed by atoms with Crippen molar-refractivity contribution in [2.24, 2.45) is 11.8 Å². The van der Waals surface area contributed by atoms with E-state index in [0.717, 1.165) is 6.07 Å². The van der Waals surface area contributed by atoms with Crippen LogP contribution in [0.5, 0.6) is 0 Å². The number of esters is 1. The topological polar surface area (TPSA) is 110 Å².